The molecule has 1 aromatic rings. The average Bonchev–Trinajstić information content (AvgIpc) is 3.12. The molecule has 0 bridgehead atoms. The molecule has 1 amide bonds. The maximum absolute atomic E-state index is 12.0. The first-order valence-corrected chi connectivity index (χ1v) is 7.23. The highest BCUT2D eigenvalue weighted by atomic mass is 32.2. The van der Waals surface area contributed by atoms with Crippen molar-refractivity contribution in [2.45, 2.75) is 25.4 Å². The maximum atomic E-state index is 12.0. The Hall–Kier alpha value is -1.16. The molecule has 2 N–H and O–H groups in total. The quantitative estimate of drug-likeness (QED) is 0.814. The zero-order valence-electron chi connectivity index (χ0n) is 10.1. The van der Waals surface area contributed by atoms with Crippen molar-refractivity contribution in [3.63, 3.8) is 0 Å². The van der Waals surface area contributed by atoms with Crippen LogP contribution in [0.15, 0.2) is 24.3 Å². The van der Waals surface area contributed by atoms with Crippen molar-refractivity contribution in [1.82, 2.24) is 4.90 Å². The summed E-state index contributed by atoms with van der Waals surface area (Å²) in [5.74, 6) is 0.784. The first-order chi connectivity index (χ1) is 8.22. The number of anilines is 1. The van der Waals surface area contributed by atoms with Gasteiger partial charge in [0.15, 0.2) is 0 Å². The number of hydrogen-bond acceptors (Lipinski definition) is 3. The van der Waals surface area contributed by atoms with E-state index in [0.717, 1.165) is 24.1 Å². The molecule has 17 heavy (non-hydrogen) atoms. The number of para-hydroxylation sites is 1. The molecule has 0 heterocycles. The van der Waals surface area contributed by atoms with E-state index in [0.29, 0.717) is 18.3 Å². The second kappa shape index (κ2) is 5.45. The Labute approximate surface area is 106 Å². The third-order valence-corrected chi connectivity index (χ3v) is 3.51. The Kier molecular flexibility index (Phi) is 3.94. The first kappa shape index (κ1) is 12.3. The Balaban J connectivity index is 2.08. The minimum absolute atomic E-state index is 0.225. The molecule has 4 heteroatoms. The van der Waals surface area contributed by atoms with Crippen LogP contribution in [0.4, 0.5) is 5.69 Å². The number of nitrogens with two attached hydrogens (primary N) is 1. The molecular weight excluding hydrogens is 232 g/mol. The van der Waals surface area contributed by atoms with E-state index >= 15 is 0 Å². The Morgan fingerprint density at radius 1 is 1.47 bits per heavy atom. The predicted molar refractivity (Wildman–Crippen MR) is 72.8 cm³/mol. The minimum atomic E-state index is 0.225. The van der Waals surface area contributed by atoms with Crippen molar-refractivity contribution in [3.8, 4) is 0 Å². The number of hydrogen-bond donors (Lipinski definition) is 1. The Bertz CT molecular complexity index is 404. The van der Waals surface area contributed by atoms with E-state index in [2.05, 4.69) is 0 Å². The fourth-order valence-electron chi connectivity index (χ4n) is 1.88. The summed E-state index contributed by atoms with van der Waals surface area (Å²) < 4.78 is 0. The monoisotopic (exact) mass is 250 g/mol. The average molecular weight is 250 g/mol. The van der Waals surface area contributed by atoms with Gasteiger partial charge in [0.1, 0.15) is 0 Å². The van der Waals surface area contributed by atoms with E-state index in [-0.39, 0.29) is 5.91 Å². The molecule has 2 rings (SSSR count). The predicted octanol–water partition coefficient (Wildman–Crippen LogP) is 2.12. The molecule has 1 aromatic carbocycles. The molecule has 0 radical (unpaired) electrons. The summed E-state index contributed by atoms with van der Waals surface area (Å²) in [6.07, 6.45) is 4.22. The van der Waals surface area contributed by atoms with E-state index in [4.69, 9.17) is 5.73 Å². The molecule has 0 saturated heterocycles. The minimum Gasteiger partial charge on any atom is -0.398 e. The van der Waals surface area contributed by atoms with Crippen molar-refractivity contribution in [1.29, 1.82) is 0 Å². The van der Waals surface area contributed by atoms with Crippen LogP contribution in [0.5, 0.6) is 0 Å². The largest absolute Gasteiger partial charge is 0.398 e. The summed E-state index contributed by atoms with van der Waals surface area (Å²) in [7, 11) is 0. The molecule has 1 aliphatic rings. The summed E-state index contributed by atoms with van der Waals surface area (Å²) in [5, 5.41) is 0. The lowest BCUT2D eigenvalue weighted by molar-refractivity contribution is -0.129. The highest BCUT2D eigenvalue weighted by Crippen LogP contribution is 2.29. The first-order valence-electron chi connectivity index (χ1n) is 5.84. The smallest absolute Gasteiger partial charge is 0.233 e. The van der Waals surface area contributed by atoms with Crippen LogP contribution in [0.1, 0.15) is 18.4 Å². The lowest BCUT2D eigenvalue weighted by Crippen LogP contribution is -2.34. The fraction of sp³-hybridized carbons (Fsp3) is 0.462. The second-order valence-electron chi connectivity index (χ2n) is 4.38. The van der Waals surface area contributed by atoms with Gasteiger partial charge in [-0.25, -0.2) is 0 Å². The number of thioether (sulfide) groups is 1. The number of carbonyl (C=O) groups is 1. The van der Waals surface area contributed by atoms with Gasteiger partial charge in [-0.3, -0.25) is 4.79 Å². The van der Waals surface area contributed by atoms with Gasteiger partial charge in [-0.15, -0.1) is 0 Å². The van der Waals surface area contributed by atoms with Crippen LogP contribution in [0.3, 0.4) is 0 Å². The summed E-state index contributed by atoms with van der Waals surface area (Å²) in [6, 6.07) is 8.21. The van der Waals surface area contributed by atoms with Crippen LogP contribution >= 0.6 is 11.8 Å². The van der Waals surface area contributed by atoms with Crippen LogP contribution in [0, 0.1) is 0 Å². The van der Waals surface area contributed by atoms with E-state index in [1.165, 1.54) is 0 Å². The normalized spacial score (nSPS) is 14.6. The van der Waals surface area contributed by atoms with E-state index in [1.54, 1.807) is 11.8 Å². The zero-order chi connectivity index (χ0) is 12.3. The maximum Gasteiger partial charge on any atom is 0.233 e. The number of carbonyl (C=O) groups excluding carboxylic acids is 1. The fourth-order valence-corrected chi connectivity index (χ4v) is 2.29. The van der Waals surface area contributed by atoms with Gasteiger partial charge >= 0.3 is 0 Å². The third kappa shape index (κ3) is 3.16. The number of benzene rings is 1. The van der Waals surface area contributed by atoms with Gasteiger partial charge in [0.2, 0.25) is 5.91 Å². The van der Waals surface area contributed by atoms with Gasteiger partial charge in [0.25, 0.3) is 0 Å². The Morgan fingerprint density at radius 3 is 2.76 bits per heavy atom. The molecule has 1 saturated carbocycles. The molecule has 0 aliphatic heterocycles. The second-order valence-corrected chi connectivity index (χ2v) is 5.25. The van der Waals surface area contributed by atoms with Crippen molar-refractivity contribution >= 4 is 23.4 Å². The number of amides is 1. The Morgan fingerprint density at radius 2 is 2.18 bits per heavy atom. The zero-order valence-corrected chi connectivity index (χ0v) is 10.9. The highest BCUT2D eigenvalue weighted by molar-refractivity contribution is 7.99. The van der Waals surface area contributed by atoms with Crippen LogP contribution in [0.25, 0.3) is 0 Å². The number of nitrogen functional groups attached to an aromatic ring is 1. The standard InChI is InChI=1S/C13H18N2OS/c1-17-9-13(16)15(11-6-7-11)8-10-4-2-3-5-12(10)14/h2-5,11H,6-9,14H2,1H3. The van der Waals surface area contributed by atoms with Gasteiger partial charge in [-0.1, -0.05) is 18.2 Å². The lowest BCUT2D eigenvalue weighted by atomic mass is 10.1. The highest BCUT2D eigenvalue weighted by Gasteiger charge is 2.32. The van der Waals surface area contributed by atoms with Crippen molar-refractivity contribution in [2.75, 3.05) is 17.7 Å². The topological polar surface area (TPSA) is 46.3 Å². The van der Waals surface area contributed by atoms with Gasteiger partial charge in [-0.2, -0.15) is 11.8 Å². The molecule has 0 unspecified atom stereocenters. The van der Waals surface area contributed by atoms with Crippen molar-refractivity contribution < 1.29 is 4.79 Å². The summed E-state index contributed by atoms with van der Waals surface area (Å²) in [4.78, 5) is 14.0. The third-order valence-electron chi connectivity index (χ3n) is 2.97. The van der Waals surface area contributed by atoms with Gasteiger partial charge in [0.05, 0.1) is 5.75 Å². The molecular formula is C13H18N2OS. The molecule has 1 fully saturated rings. The van der Waals surface area contributed by atoms with Crippen LogP contribution < -0.4 is 5.73 Å². The van der Waals surface area contributed by atoms with Crippen molar-refractivity contribution in [3.05, 3.63) is 29.8 Å². The van der Waals surface area contributed by atoms with Crippen LogP contribution in [-0.2, 0) is 11.3 Å². The van der Waals surface area contributed by atoms with Gasteiger partial charge in [-0.05, 0) is 30.7 Å². The van der Waals surface area contributed by atoms with Crippen LogP contribution in [0.2, 0.25) is 0 Å². The molecule has 3 nitrogen and oxygen atoms in total. The molecule has 92 valence electrons. The molecule has 0 spiro atoms. The van der Waals surface area contributed by atoms with Gasteiger partial charge in [0, 0.05) is 18.3 Å². The molecule has 0 atom stereocenters. The summed E-state index contributed by atoms with van der Waals surface area (Å²) >= 11 is 1.58. The number of rotatable bonds is 5. The lowest BCUT2D eigenvalue weighted by Gasteiger charge is -2.23. The summed E-state index contributed by atoms with van der Waals surface area (Å²) in [5.41, 5.74) is 7.74. The summed E-state index contributed by atoms with van der Waals surface area (Å²) in [6.45, 7) is 0.650. The van der Waals surface area contributed by atoms with Gasteiger partial charge < -0.3 is 10.6 Å². The molecule has 0 aromatic heterocycles. The number of nitrogens with zero attached hydrogens (tertiary/aromatic N) is 1. The van der Waals surface area contributed by atoms with Crippen molar-refractivity contribution in [2.24, 2.45) is 0 Å². The van der Waals surface area contributed by atoms with Crippen LogP contribution in [-0.4, -0.2) is 28.9 Å². The molecule has 1 aliphatic carbocycles. The van der Waals surface area contributed by atoms with E-state index in [9.17, 15) is 4.79 Å². The van der Waals surface area contributed by atoms with E-state index in [1.807, 2.05) is 35.4 Å². The van der Waals surface area contributed by atoms with E-state index < -0.39 is 0 Å². The SMILES string of the molecule is CSCC(=O)N(Cc1ccccc1N)C1CC1.